The largest absolute Gasteiger partial charge is 0.326 e. The predicted molar refractivity (Wildman–Crippen MR) is 132 cm³/mol. The number of benzene rings is 3. The highest BCUT2D eigenvalue weighted by molar-refractivity contribution is 9.10. The zero-order chi connectivity index (χ0) is 22.8. The summed E-state index contributed by atoms with van der Waals surface area (Å²) in [5.41, 5.74) is 3.63. The molecular weight excluding hydrogens is 483 g/mol. The second-order valence-corrected chi connectivity index (χ2v) is 9.29. The van der Waals surface area contributed by atoms with Gasteiger partial charge in [-0.25, -0.2) is 9.37 Å². The van der Waals surface area contributed by atoms with Crippen LogP contribution in [0.5, 0.6) is 0 Å². The fraction of sp³-hybridized carbons (Fsp3) is 0.231. The van der Waals surface area contributed by atoms with Crippen LogP contribution < -0.4 is 5.32 Å². The van der Waals surface area contributed by atoms with Crippen LogP contribution in [0.3, 0.4) is 0 Å². The number of piperidine rings is 1. The van der Waals surface area contributed by atoms with Gasteiger partial charge in [-0.2, -0.15) is 0 Å². The number of aromatic nitrogens is 2. The third kappa shape index (κ3) is 4.84. The highest BCUT2D eigenvalue weighted by Gasteiger charge is 2.26. The van der Waals surface area contributed by atoms with E-state index in [1.807, 2.05) is 48.5 Å². The van der Waals surface area contributed by atoms with Gasteiger partial charge in [-0.1, -0.05) is 28.1 Å². The van der Waals surface area contributed by atoms with E-state index in [2.05, 4.69) is 30.7 Å². The van der Waals surface area contributed by atoms with Crippen molar-refractivity contribution in [3.8, 4) is 5.69 Å². The molecule has 0 unspecified atom stereocenters. The van der Waals surface area contributed by atoms with Crippen molar-refractivity contribution in [2.75, 3.05) is 18.4 Å². The average Bonchev–Trinajstić information content (AvgIpc) is 3.19. The predicted octanol–water partition coefficient (Wildman–Crippen LogP) is 5.78. The lowest BCUT2D eigenvalue weighted by molar-refractivity contribution is -0.121. The van der Waals surface area contributed by atoms with Gasteiger partial charge >= 0.3 is 0 Å². The Hall–Kier alpha value is -3.03. The van der Waals surface area contributed by atoms with E-state index in [1.54, 1.807) is 12.1 Å². The van der Waals surface area contributed by atoms with E-state index >= 15 is 0 Å². The van der Waals surface area contributed by atoms with Gasteiger partial charge in [0.1, 0.15) is 11.6 Å². The summed E-state index contributed by atoms with van der Waals surface area (Å²) >= 11 is 3.41. The zero-order valence-corrected chi connectivity index (χ0v) is 19.6. The minimum atomic E-state index is -0.256. The first-order chi connectivity index (χ1) is 16.1. The van der Waals surface area contributed by atoms with Crippen LogP contribution in [0.15, 0.2) is 77.3 Å². The Morgan fingerprint density at radius 2 is 1.70 bits per heavy atom. The van der Waals surface area contributed by atoms with E-state index in [0.717, 1.165) is 58.6 Å². The molecule has 5 nitrogen and oxygen atoms in total. The molecule has 0 aliphatic carbocycles. The highest BCUT2D eigenvalue weighted by Crippen LogP contribution is 2.25. The molecule has 1 aliphatic heterocycles. The van der Waals surface area contributed by atoms with Gasteiger partial charge in [0.2, 0.25) is 5.91 Å². The molecule has 2 heterocycles. The molecule has 3 aromatic carbocycles. The third-order valence-corrected chi connectivity index (χ3v) is 6.68. The molecule has 0 saturated carbocycles. The summed E-state index contributed by atoms with van der Waals surface area (Å²) in [6.45, 7) is 2.32. The fourth-order valence-corrected chi connectivity index (χ4v) is 4.66. The molecule has 1 saturated heterocycles. The summed E-state index contributed by atoms with van der Waals surface area (Å²) in [6, 6.07) is 22.2. The van der Waals surface area contributed by atoms with Crippen molar-refractivity contribution < 1.29 is 9.18 Å². The molecule has 0 spiro atoms. The van der Waals surface area contributed by atoms with Crippen LogP contribution in [0.1, 0.15) is 18.7 Å². The van der Waals surface area contributed by atoms with Gasteiger partial charge in [-0.05, 0) is 86.6 Å². The number of nitrogens with zero attached hydrogens (tertiary/aromatic N) is 3. The molecule has 7 heteroatoms. The number of amides is 1. The number of fused-ring (bicyclic) bond motifs is 1. The van der Waals surface area contributed by atoms with Crippen LogP contribution in [0.2, 0.25) is 0 Å². The lowest BCUT2D eigenvalue weighted by atomic mass is 9.96. The first-order valence-corrected chi connectivity index (χ1v) is 11.9. The molecule has 0 radical (unpaired) electrons. The maximum Gasteiger partial charge on any atom is 0.227 e. The monoisotopic (exact) mass is 506 g/mol. The van der Waals surface area contributed by atoms with E-state index in [9.17, 15) is 9.18 Å². The molecule has 33 heavy (non-hydrogen) atoms. The minimum absolute atomic E-state index is 0.000752. The van der Waals surface area contributed by atoms with Gasteiger partial charge in [0, 0.05) is 21.8 Å². The number of carbonyl (C=O) groups is 1. The minimum Gasteiger partial charge on any atom is -0.326 e. The third-order valence-electron chi connectivity index (χ3n) is 6.15. The topological polar surface area (TPSA) is 50.2 Å². The van der Waals surface area contributed by atoms with Crippen molar-refractivity contribution in [2.24, 2.45) is 5.92 Å². The molecule has 0 bridgehead atoms. The number of rotatable bonds is 5. The summed E-state index contributed by atoms with van der Waals surface area (Å²) in [4.78, 5) is 19.9. The normalized spacial score (nSPS) is 15.1. The number of hydrogen-bond donors (Lipinski definition) is 1. The van der Waals surface area contributed by atoms with Crippen LogP contribution in [-0.2, 0) is 11.3 Å². The quantitative estimate of drug-likeness (QED) is 0.373. The smallest absolute Gasteiger partial charge is 0.227 e. The van der Waals surface area contributed by atoms with E-state index in [4.69, 9.17) is 4.98 Å². The molecule has 4 aromatic rings. The van der Waals surface area contributed by atoms with Crippen LogP contribution in [0.25, 0.3) is 16.7 Å². The van der Waals surface area contributed by atoms with Crippen molar-refractivity contribution in [2.45, 2.75) is 19.4 Å². The molecule has 1 aromatic heterocycles. The summed E-state index contributed by atoms with van der Waals surface area (Å²) in [5, 5.41) is 3.03. The van der Waals surface area contributed by atoms with Gasteiger partial charge in [0.25, 0.3) is 0 Å². The van der Waals surface area contributed by atoms with Crippen molar-refractivity contribution in [3.63, 3.8) is 0 Å². The van der Waals surface area contributed by atoms with Crippen LogP contribution >= 0.6 is 15.9 Å². The summed E-state index contributed by atoms with van der Waals surface area (Å²) in [6.07, 6.45) is 1.61. The average molecular weight is 507 g/mol. The molecule has 1 aliphatic rings. The number of likely N-dealkylation sites (tertiary alicyclic amines) is 1. The summed E-state index contributed by atoms with van der Waals surface area (Å²) in [5.74, 6) is 0.741. The van der Waals surface area contributed by atoms with Gasteiger partial charge in [0.15, 0.2) is 0 Å². The lowest BCUT2D eigenvalue weighted by Crippen LogP contribution is -2.38. The van der Waals surface area contributed by atoms with E-state index in [-0.39, 0.29) is 17.6 Å². The maximum absolute atomic E-state index is 13.5. The zero-order valence-electron chi connectivity index (χ0n) is 18.0. The number of carbonyl (C=O) groups excluding carboxylic acids is 1. The molecule has 0 atom stereocenters. The van der Waals surface area contributed by atoms with E-state index in [0.29, 0.717) is 6.54 Å². The van der Waals surface area contributed by atoms with Crippen molar-refractivity contribution in [3.05, 3.63) is 88.9 Å². The highest BCUT2D eigenvalue weighted by atomic mass is 79.9. The molecule has 5 rings (SSSR count). The number of para-hydroxylation sites is 2. The number of anilines is 1. The number of hydrogen-bond acceptors (Lipinski definition) is 3. The Morgan fingerprint density at radius 1 is 1.00 bits per heavy atom. The first kappa shape index (κ1) is 21.8. The molecule has 1 N–H and O–H groups in total. The molecule has 168 valence electrons. The van der Waals surface area contributed by atoms with Crippen molar-refractivity contribution >= 4 is 38.6 Å². The van der Waals surface area contributed by atoms with E-state index < -0.39 is 0 Å². The van der Waals surface area contributed by atoms with Gasteiger partial charge in [-0.3, -0.25) is 14.3 Å². The second kappa shape index (κ2) is 9.45. The Balaban J connectivity index is 1.28. The van der Waals surface area contributed by atoms with Gasteiger partial charge in [0.05, 0.1) is 17.6 Å². The summed E-state index contributed by atoms with van der Waals surface area (Å²) < 4.78 is 16.6. The summed E-state index contributed by atoms with van der Waals surface area (Å²) in [7, 11) is 0. The Labute approximate surface area is 200 Å². The molecular formula is C26H24BrFN4O. The van der Waals surface area contributed by atoms with Crippen molar-refractivity contribution in [1.82, 2.24) is 14.5 Å². The van der Waals surface area contributed by atoms with Crippen molar-refractivity contribution in [1.29, 1.82) is 0 Å². The Kier molecular flexibility index (Phi) is 6.24. The second-order valence-electron chi connectivity index (χ2n) is 8.38. The number of nitrogens with one attached hydrogen (secondary N) is 1. The Morgan fingerprint density at radius 3 is 2.42 bits per heavy atom. The van der Waals surface area contributed by atoms with Crippen LogP contribution in [-0.4, -0.2) is 33.4 Å². The molecule has 1 fully saturated rings. The van der Waals surface area contributed by atoms with Gasteiger partial charge < -0.3 is 5.32 Å². The number of imidazole rings is 1. The first-order valence-electron chi connectivity index (χ1n) is 11.1. The SMILES string of the molecule is O=C(Nc1ccc(Br)cc1)C1CCN(Cc2nc3ccccc3n2-c2ccc(F)cc2)CC1. The standard InChI is InChI=1S/C26H24BrFN4O/c27-19-5-9-21(10-6-19)29-26(33)18-13-15-31(16-14-18)17-25-30-23-3-1-2-4-24(23)32(25)22-11-7-20(28)8-12-22/h1-12,18H,13-17H2,(H,29,33). The number of halogens is 2. The van der Waals surface area contributed by atoms with Crippen LogP contribution in [0.4, 0.5) is 10.1 Å². The van der Waals surface area contributed by atoms with Gasteiger partial charge in [-0.15, -0.1) is 0 Å². The molecule has 1 amide bonds. The van der Waals surface area contributed by atoms with E-state index in [1.165, 1.54) is 12.1 Å². The fourth-order valence-electron chi connectivity index (χ4n) is 4.39. The maximum atomic E-state index is 13.5. The Bertz CT molecular complexity index is 1260. The lowest BCUT2D eigenvalue weighted by Gasteiger charge is -2.31. The van der Waals surface area contributed by atoms with Crippen LogP contribution in [0, 0.1) is 11.7 Å².